The van der Waals surface area contributed by atoms with Crippen LogP contribution in [-0.2, 0) is 9.84 Å². The lowest BCUT2D eigenvalue weighted by atomic mass is 9.96. The lowest BCUT2D eigenvalue weighted by Crippen LogP contribution is -2.47. The summed E-state index contributed by atoms with van der Waals surface area (Å²) in [6, 6.07) is 3.95. The number of anilines is 3. The topological polar surface area (TPSA) is 112 Å². The number of carbonyl (C=O) groups excluding carboxylic acids is 1. The normalized spacial score (nSPS) is 17.3. The molecule has 1 aliphatic carbocycles. The number of amides is 1. The van der Waals surface area contributed by atoms with E-state index in [4.69, 9.17) is 4.98 Å². The number of pyridine rings is 1. The molecule has 204 valence electrons. The third kappa shape index (κ3) is 6.08. The molecule has 3 aromatic rings. The summed E-state index contributed by atoms with van der Waals surface area (Å²) >= 11 is 1.49. The van der Waals surface area contributed by atoms with Crippen molar-refractivity contribution >= 4 is 54.8 Å². The monoisotopic (exact) mass is 557 g/mol. The fourth-order valence-electron chi connectivity index (χ4n) is 5.21. The Balaban J connectivity index is 1.28. The molecule has 10 nitrogen and oxygen atoms in total. The second-order valence-electron chi connectivity index (χ2n) is 10.4. The Bertz CT molecular complexity index is 1390. The Morgan fingerprint density at radius 3 is 2.47 bits per heavy atom. The zero-order valence-electron chi connectivity index (χ0n) is 22.2. The van der Waals surface area contributed by atoms with Crippen LogP contribution in [0.4, 0.5) is 17.5 Å². The third-order valence-electron chi connectivity index (χ3n) is 7.33. The fraction of sp³-hybridized carbons (Fsp3) is 0.538. The van der Waals surface area contributed by atoms with E-state index in [0.29, 0.717) is 24.2 Å². The molecule has 1 saturated carbocycles. The molecule has 2 aliphatic rings. The first-order chi connectivity index (χ1) is 18.2. The molecule has 0 atom stereocenters. The van der Waals surface area contributed by atoms with Crippen LogP contribution in [0.5, 0.6) is 0 Å². The van der Waals surface area contributed by atoms with E-state index < -0.39 is 9.84 Å². The molecule has 0 bridgehead atoms. The minimum atomic E-state index is -2.94. The molecule has 1 saturated heterocycles. The molecular formula is C26H35N7O3S2. The minimum absolute atomic E-state index is 0.0258. The van der Waals surface area contributed by atoms with Gasteiger partial charge in [0.05, 0.1) is 38.9 Å². The number of carbonyl (C=O) groups is 1. The average Bonchev–Trinajstić information content (AvgIpc) is 3.55. The number of sulfone groups is 1. The van der Waals surface area contributed by atoms with Crippen molar-refractivity contribution in [1.29, 1.82) is 0 Å². The standard InChI is InChI=1S/C26H35N7O3S2/c1-31(2)25(34)24-22(18-6-4-5-7-18)23-20(37-24)17-28-26(30-23)29-21-9-8-19(16-27-21)33-12-10-32(11-13-33)14-15-38(3,35)36/h8-9,16-18H,4-7,10-15H2,1-3H3,(H,27,28,29,30). The maximum Gasteiger partial charge on any atom is 0.263 e. The number of aromatic nitrogens is 3. The van der Waals surface area contributed by atoms with E-state index in [1.807, 2.05) is 18.3 Å². The van der Waals surface area contributed by atoms with E-state index in [1.54, 1.807) is 25.2 Å². The van der Waals surface area contributed by atoms with Gasteiger partial charge in [0.1, 0.15) is 15.7 Å². The number of hydrogen-bond donors (Lipinski definition) is 1. The van der Waals surface area contributed by atoms with Crippen molar-refractivity contribution in [3.63, 3.8) is 0 Å². The number of rotatable bonds is 8. The van der Waals surface area contributed by atoms with Gasteiger partial charge in [0, 0.05) is 58.6 Å². The number of hydrogen-bond acceptors (Lipinski definition) is 10. The molecule has 1 amide bonds. The van der Waals surface area contributed by atoms with Crippen LogP contribution < -0.4 is 10.2 Å². The highest BCUT2D eigenvalue weighted by Crippen LogP contribution is 2.43. The summed E-state index contributed by atoms with van der Waals surface area (Å²) in [7, 11) is 0.636. The first kappa shape index (κ1) is 26.8. The molecule has 3 aromatic heterocycles. The van der Waals surface area contributed by atoms with Gasteiger partial charge < -0.3 is 15.1 Å². The summed E-state index contributed by atoms with van der Waals surface area (Å²) < 4.78 is 23.8. The predicted octanol–water partition coefficient (Wildman–Crippen LogP) is 3.36. The van der Waals surface area contributed by atoms with E-state index in [1.165, 1.54) is 30.4 Å². The van der Waals surface area contributed by atoms with Crippen molar-refractivity contribution in [2.75, 3.05) is 69.0 Å². The van der Waals surface area contributed by atoms with Crippen LogP contribution in [0.2, 0.25) is 0 Å². The van der Waals surface area contributed by atoms with E-state index in [-0.39, 0.29) is 11.7 Å². The lowest BCUT2D eigenvalue weighted by molar-refractivity contribution is 0.0831. The third-order valence-corrected chi connectivity index (χ3v) is 9.38. The molecule has 0 radical (unpaired) electrons. The molecular weight excluding hydrogens is 522 g/mol. The van der Waals surface area contributed by atoms with Crippen LogP contribution in [0.3, 0.4) is 0 Å². The molecule has 1 aliphatic heterocycles. The summed E-state index contributed by atoms with van der Waals surface area (Å²) in [5, 5.41) is 3.24. The molecule has 0 unspecified atom stereocenters. The predicted molar refractivity (Wildman–Crippen MR) is 153 cm³/mol. The quantitative estimate of drug-likeness (QED) is 0.446. The highest BCUT2D eigenvalue weighted by molar-refractivity contribution is 7.90. The molecule has 12 heteroatoms. The summed E-state index contributed by atoms with van der Waals surface area (Å²) in [6.07, 6.45) is 9.46. The number of thiophene rings is 1. The minimum Gasteiger partial charge on any atom is -0.368 e. The van der Waals surface area contributed by atoms with Crippen molar-refractivity contribution in [2.24, 2.45) is 0 Å². The molecule has 1 N–H and O–H groups in total. The number of fused-ring (bicyclic) bond motifs is 1. The Morgan fingerprint density at radius 2 is 1.84 bits per heavy atom. The maximum absolute atomic E-state index is 13.0. The van der Waals surface area contributed by atoms with Crippen molar-refractivity contribution in [3.8, 4) is 0 Å². The van der Waals surface area contributed by atoms with E-state index in [2.05, 4.69) is 25.1 Å². The largest absolute Gasteiger partial charge is 0.368 e. The number of nitrogens with zero attached hydrogens (tertiary/aromatic N) is 6. The number of piperazine rings is 1. The van der Waals surface area contributed by atoms with Crippen molar-refractivity contribution in [2.45, 2.75) is 31.6 Å². The zero-order valence-corrected chi connectivity index (χ0v) is 23.8. The molecule has 5 rings (SSSR count). The summed E-state index contributed by atoms with van der Waals surface area (Å²) in [4.78, 5) is 33.8. The smallest absolute Gasteiger partial charge is 0.263 e. The summed E-state index contributed by atoms with van der Waals surface area (Å²) in [5.74, 6) is 1.71. The molecule has 0 aromatic carbocycles. The van der Waals surface area contributed by atoms with Crippen LogP contribution >= 0.6 is 11.3 Å². The van der Waals surface area contributed by atoms with E-state index in [9.17, 15) is 13.2 Å². The van der Waals surface area contributed by atoms with Gasteiger partial charge in [-0.1, -0.05) is 12.8 Å². The molecule has 0 spiro atoms. The zero-order chi connectivity index (χ0) is 26.9. The van der Waals surface area contributed by atoms with Crippen LogP contribution in [0.15, 0.2) is 24.5 Å². The van der Waals surface area contributed by atoms with Gasteiger partial charge in [0.2, 0.25) is 5.95 Å². The Kier molecular flexibility index (Phi) is 7.83. The van der Waals surface area contributed by atoms with Crippen LogP contribution in [-0.4, -0.2) is 97.9 Å². The second-order valence-corrected chi connectivity index (χ2v) is 13.7. The second kappa shape index (κ2) is 11.1. The van der Waals surface area contributed by atoms with E-state index >= 15 is 0 Å². The molecule has 38 heavy (non-hydrogen) atoms. The van der Waals surface area contributed by atoms with Gasteiger partial charge in [-0.3, -0.25) is 9.69 Å². The van der Waals surface area contributed by atoms with Gasteiger partial charge in [-0.15, -0.1) is 11.3 Å². The van der Waals surface area contributed by atoms with Crippen LogP contribution in [0, 0.1) is 0 Å². The van der Waals surface area contributed by atoms with Gasteiger partial charge in [-0.25, -0.2) is 23.4 Å². The Labute approximate surface area is 228 Å². The fourth-order valence-corrected chi connectivity index (χ4v) is 7.02. The van der Waals surface area contributed by atoms with Gasteiger partial charge in [0.15, 0.2) is 0 Å². The highest BCUT2D eigenvalue weighted by atomic mass is 32.2. The van der Waals surface area contributed by atoms with Crippen molar-refractivity contribution in [3.05, 3.63) is 35.0 Å². The Hall–Kier alpha value is -2.83. The van der Waals surface area contributed by atoms with Crippen LogP contribution in [0.1, 0.15) is 46.8 Å². The molecule has 4 heterocycles. The average molecular weight is 558 g/mol. The van der Waals surface area contributed by atoms with Crippen LogP contribution in [0.25, 0.3) is 10.2 Å². The Morgan fingerprint density at radius 1 is 1.11 bits per heavy atom. The van der Waals surface area contributed by atoms with E-state index in [0.717, 1.165) is 65.4 Å². The first-order valence-electron chi connectivity index (χ1n) is 13.1. The summed E-state index contributed by atoms with van der Waals surface area (Å²) in [6.45, 7) is 3.88. The molecule has 2 fully saturated rings. The van der Waals surface area contributed by atoms with Gasteiger partial charge in [0.25, 0.3) is 5.91 Å². The SMILES string of the molecule is CN(C)C(=O)c1sc2cnc(Nc3ccc(N4CCN(CCS(C)(=O)=O)CC4)cn3)nc2c1C1CCCC1. The van der Waals surface area contributed by atoms with Crippen molar-refractivity contribution < 1.29 is 13.2 Å². The van der Waals surface area contributed by atoms with Crippen molar-refractivity contribution in [1.82, 2.24) is 24.8 Å². The first-order valence-corrected chi connectivity index (χ1v) is 15.9. The highest BCUT2D eigenvalue weighted by Gasteiger charge is 2.29. The van der Waals surface area contributed by atoms with Gasteiger partial charge in [-0.05, 0) is 30.9 Å². The summed E-state index contributed by atoms with van der Waals surface area (Å²) in [5.41, 5.74) is 2.98. The lowest BCUT2D eigenvalue weighted by Gasteiger charge is -2.35. The maximum atomic E-state index is 13.0. The van der Waals surface area contributed by atoms with Gasteiger partial charge in [-0.2, -0.15) is 0 Å². The van der Waals surface area contributed by atoms with Gasteiger partial charge >= 0.3 is 0 Å². The number of nitrogens with one attached hydrogen (secondary N) is 1.